The van der Waals surface area contributed by atoms with Crippen LogP contribution >= 0.6 is 0 Å². The predicted molar refractivity (Wildman–Crippen MR) is 87.9 cm³/mol. The van der Waals surface area contributed by atoms with Crippen LogP contribution in [-0.4, -0.2) is 55.1 Å². The van der Waals surface area contributed by atoms with Crippen molar-refractivity contribution in [1.82, 2.24) is 4.90 Å². The predicted octanol–water partition coefficient (Wildman–Crippen LogP) is 2.37. The van der Waals surface area contributed by atoms with Crippen molar-refractivity contribution in [3.8, 4) is 0 Å². The molecule has 1 aromatic rings. The maximum Gasteiger partial charge on any atom is 0.0900 e. The van der Waals surface area contributed by atoms with Crippen molar-refractivity contribution in [2.24, 2.45) is 0 Å². The highest BCUT2D eigenvalue weighted by atomic mass is 16.5. The molecular weight excluding hydrogens is 278 g/mol. The Labute approximate surface area is 134 Å². The first kappa shape index (κ1) is 17.4. The maximum absolute atomic E-state index is 10.2. The number of aryl methyl sites for hydroxylation is 1. The Morgan fingerprint density at radius 1 is 1.36 bits per heavy atom. The van der Waals surface area contributed by atoms with Gasteiger partial charge in [-0.15, -0.1) is 0 Å². The molecule has 1 N–H and O–H groups in total. The molecule has 1 aliphatic rings. The van der Waals surface area contributed by atoms with E-state index in [9.17, 15) is 5.11 Å². The molecule has 1 fully saturated rings. The number of rotatable bonds is 8. The number of nitrogens with zero attached hydrogens (tertiary/aromatic N) is 1. The SMILES string of the molecule is CCN(Cc1cccc(C)c1)CC(O)COC1CCOCC1. The smallest absolute Gasteiger partial charge is 0.0900 e. The average Bonchev–Trinajstić information content (AvgIpc) is 2.53. The van der Waals surface area contributed by atoms with Crippen LogP contribution in [0.5, 0.6) is 0 Å². The van der Waals surface area contributed by atoms with E-state index in [1.807, 2.05) is 0 Å². The molecule has 1 aliphatic heterocycles. The number of benzene rings is 1. The molecule has 0 aliphatic carbocycles. The molecule has 2 rings (SSSR count). The number of hydrogen-bond donors (Lipinski definition) is 1. The van der Waals surface area contributed by atoms with E-state index in [4.69, 9.17) is 9.47 Å². The van der Waals surface area contributed by atoms with Crippen molar-refractivity contribution in [3.63, 3.8) is 0 Å². The molecule has 4 nitrogen and oxygen atoms in total. The third-order valence-corrected chi connectivity index (χ3v) is 4.10. The lowest BCUT2D eigenvalue weighted by Gasteiger charge is -2.27. The molecule has 1 unspecified atom stereocenters. The molecule has 0 amide bonds. The molecule has 1 saturated heterocycles. The second-order valence-electron chi connectivity index (χ2n) is 6.12. The summed E-state index contributed by atoms with van der Waals surface area (Å²) in [7, 11) is 0. The van der Waals surface area contributed by atoms with E-state index in [0.717, 1.165) is 39.1 Å². The summed E-state index contributed by atoms with van der Waals surface area (Å²) in [6.45, 7) is 8.63. The molecule has 0 radical (unpaired) electrons. The molecule has 0 aromatic heterocycles. The van der Waals surface area contributed by atoms with Crippen molar-refractivity contribution in [3.05, 3.63) is 35.4 Å². The van der Waals surface area contributed by atoms with Gasteiger partial charge in [-0.05, 0) is 31.9 Å². The third-order valence-electron chi connectivity index (χ3n) is 4.10. The second-order valence-corrected chi connectivity index (χ2v) is 6.12. The van der Waals surface area contributed by atoms with E-state index in [-0.39, 0.29) is 6.10 Å². The molecule has 1 heterocycles. The molecule has 0 saturated carbocycles. The van der Waals surface area contributed by atoms with Crippen LogP contribution in [0.25, 0.3) is 0 Å². The van der Waals surface area contributed by atoms with Gasteiger partial charge in [-0.2, -0.15) is 0 Å². The van der Waals surface area contributed by atoms with E-state index in [2.05, 4.69) is 43.0 Å². The Bertz CT molecular complexity index is 432. The molecule has 1 atom stereocenters. The number of aliphatic hydroxyl groups excluding tert-OH is 1. The topological polar surface area (TPSA) is 41.9 Å². The van der Waals surface area contributed by atoms with Gasteiger partial charge in [-0.3, -0.25) is 4.90 Å². The highest BCUT2D eigenvalue weighted by Crippen LogP contribution is 2.12. The number of aliphatic hydroxyl groups is 1. The van der Waals surface area contributed by atoms with E-state index in [1.54, 1.807) is 0 Å². The standard InChI is InChI=1S/C18H29NO3/c1-3-19(12-16-6-4-5-15(2)11-16)13-17(20)14-22-18-7-9-21-10-8-18/h4-6,11,17-18,20H,3,7-10,12-14H2,1-2H3. The van der Waals surface area contributed by atoms with E-state index < -0.39 is 6.10 Å². The summed E-state index contributed by atoms with van der Waals surface area (Å²) in [6, 6.07) is 8.54. The van der Waals surface area contributed by atoms with Gasteiger partial charge >= 0.3 is 0 Å². The Morgan fingerprint density at radius 2 is 2.14 bits per heavy atom. The third kappa shape index (κ3) is 6.05. The van der Waals surface area contributed by atoms with E-state index in [0.29, 0.717) is 13.2 Å². The zero-order chi connectivity index (χ0) is 15.8. The van der Waals surface area contributed by atoms with Crippen molar-refractivity contribution in [2.45, 2.75) is 45.4 Å². The number of likely N-dealkylation sites (N-methyl/N-ethyl adjacent to an activating group) is 1. The summed E-state index contributed by atoms with van der Waals surface area (Å²) >= 11 is 0. The van der Waals surface area contributed by atoms with Crippen LogP contribution in [0.4, 0.5) is 0 Å². The zero-order valence-electron chi connectivity index (χ0n) is 13.8. The summed E-state index contributed by atoms with van der Waals surface area (Å²) in [5.74, 6) is 0. The lowest BCUT2D eigenvalue weighted by atomic mass is 10.1. The molecular formula is C18H29NO3. The van der Waals surface area contributed by atoms with Gasteiger partial charge in [-0.1, -0.05) is 36.8 Å². The van der Waals surface area contributed by atoms with Crippen LogP contribution in [0.3, 0.4) is 0 Å². The first-order chi connectivity index (χ1) is 10.7. The first-order valence-electron chi connectivity index (χ1n) is 8.32. The maximum atomic E-state index is 10.2. The van der Waals surface area contributed by atoms with Gasteiger partial charge in [0, 0.05) is 26.3 Å². The van der Waals surface area contributed by atoms with Gasteiger partial charge in [-0.25, -0.2) is 0 Å². The Kier molecular flexibility index (Phi) is 7.33. The fourth-order valence-electron chi connectivity index (χ4n) is 2.81. The minimum absolute atomic E-state index is 0.246. The van der Waals surface area contributed by atoms with Crippen molar-refractivity contribution >= 4 is 0 Å². The summed E-state index contributed by atoms with van der Waals surface area (Å²) < 4.78 is 11.1. The highest BCUT2D eigenvalue weighted by molar-refractivity contribution is 5.22. The summed E-state index contributed by atoms with van der Waals surface area (Å²) in [4.78, 5) is 2.26. The van der Waals surface area contributed by atoms with Gasteiger partial charge in [0.1, 0.15) is 0 Å². The lowest BCUT2D eigenvalue weighted by molar-refractivity contribution is -0.0642. The summed E-state index contributed by atoms with van der Waals surface area (Å²) in [5, 5.41) is 10.2. The quantitative estimate of drug-likeness (QED) is 0.800. The molecule has 1 aromatic carbocycles. The van der Waals surface area contributed by atoms with Crippen molar-refractivity contribution < 1.29 is 14.6 Å². The largest absolute Gasteiger partial charge is 0.389 e. The van der Waals surface area contributed by atoms with Crippen LogP contribution in [0, 0.1) is 6.92 Å². The van der Waals surface area contributed by atoms with Crippen LogP contribution in [0.15, 0.2) is 24.3 Å². The minimum atomic E-state index is -0.437. The molecule has 4 heteroatoms. The average molecular weight is 307 g/mol. The Balaban J connectivity index is 1.74. The molecule has 124 valence electrons. The fourth-order valence-corrected chi connectivity index (χ4v) is 2.81. The van der Waals surface area contributed by atoms with Crippen LogP contribution in [-0.2, 0) is 16.0 Å². The lowest BCUT2D eigenvalue weighted by Crippen LogP contribution is -2.36. The molecule has 0 spiro atoms. The number of ether oxygens (including phenoxy) is 2. The zero-order valence-corrected chi connectivity index (χ0v) is 13.8. The van der Waals surface area contributed by atoms with Crippen LogP contribution in [0.1, 0.15) is 30.9 Å². The van der Waals surface area contributed by atoms with Crippen molar-refractivity contribution in [1.29, 1.82) is 0 Å². The van der Waals surface area contributed by atoms with Gasteiger partial charge in [0.05, 0.1) is 18.8 Å². The van der Waals surface area contributed by atoms with Gasteiger partial charge in [0.25, 0.3) is 0 Å². The normalized spacial score (nSPS) is 17.8. The second kappa shape index (κ2) is 9.26. The van der Waals surface area contributed by atoms with E-state index >= 15 is 0 Å². The van der Waals surface area contributed by atoms with Gasteiger partial charge in [0.2, 0.25) is 0 Å². The van der Waals surface area contributed by atoms with Crippen LogP contribution < -0.4 is 0 Å². The Hall–Kier alpha value is -0.940. The first-order valence-corrected chi connectivity index (χ1v) is 8.32. The monoisotopic (exact) mass is 307 g/mol. The van der Waals surface area contributed by atoms with Crippen molar-refractivity contribution in [2.75, 3.05) is 32.9 Å². The van der Waals surface area contributed by atoms with Gasteiger partial charge in [0.15, 0.2) is 0 Å². The summed E-state index contributed by atoms with van der Waals surface area (Å²) in [5.41, 5.74) is 2.57. The Morgan fingerprint density at radius 3 is 2.82 bits per heavy atom. The fraction of sp³-hybridized carbons (Fsp3) is 0.667. The van der Waals surface area contributed by atoms with Crippen LogP contribution in [0.2, 0.25) is 0 Å². The van der Waals surface area contributed by atoms with E-state index in [1.165, 1.54) is 11.1 Å². The van der Waals surface area contributed by atoms with Gasteiger partial charge < -0.3 is 14.6 Å². The minimum Gasteiger partial charge on any atom is -0.389 e. The molecule has 22 heavy (non-hydrogen) atoms. The highest BCUT2D eigenvalue weighted by Gasteiger charge is 2.17. The number of hydrogen-bond acceptors (Lipinski definition) is 4. The molecule has 0 bridgehead atoms. The summed E-state index contributed by atoms with van der Waals surface area (Å²) in [6.07, 6.45) is 1.68.